The molecule has 0 bridgehead atoms. The average molecular weight is 350 g/mol. The number of nitrogens with zero attached hydrogens (tertiary/aromatic N) is 2. The molecular formula is C17H24N3O3S+. The quantitative estimate of drug-likeness (QED) is 0.805. The molecule has 6 nitrogen and oxygen atoms in total. The second-order valence-electron chi connectivity index (χ2n) is 6.30. The van der Waals surface area contributed by atoms with Crippen LogP contribution in [0, 0.1) is 0 Å². The number of carbonyl (C=O) groups excluding carboxylic acids is 2. The summed E-state index contributed by atoms with van der Waals surface area (Å²) in [6.07, 6.45) is 0. The highest BCUT2D eigenvalue weighted by atomic mass is 32.2. The number of nitrogens with one attached hydrogen (secondary N) is 1. The summed E-state index contributed by atoms with van der Waals surface area (Å²) in [4.78, 5) is 29.9. The van der Waals surface area contributed by atoms with Crippen LogP contribution in [0.25, 0.3) is 0 Å². The number of benzene rings is 1. The molecule has 0 aromatic heterocycles. The van der Waals surface area contributed by atoms with Gasteiger partial charge in [0.15, 0.2) is 0 Å². The summed E-state index contributed by atoms with van der Waals surface area (Å²) < 4.78 is 5.18. The summed E-state index contributed by atoms with van der Waals surface area (Å²) in [5, 5.41) is -0.0922. The minimum atomic E-state index is -0.0922. The number of hydrogen-bond donors (Lipinski definition) is 1. The number of carbonyl (C=O) groups is 2. The Morgan fingerprint density at radius 3 is 2.58 bits per heavy atom. The van der Waals surface area contributed by atoms with Crippen LogP contribution in [0.4, 0.5) is 0 Å². The Hall–Kier alpha value is -1.73. The van der Waals surface area contributed by atoms with Crippen molar-refractivity contribution in [3.63, 3.8) is 0 Å². The van der Waals surface area contributed by atoms with Gasteiger partial charge in [-0.2, -0.15) is 0 Å². The predicted molar refractivity (Wildman–Crippen MR) is 93.1 cm³/mol. The van der Waals surface area contributed by atoms with E-state index in [-0.39, 0.29) is 23.7 Å². The maximum atomic E-state index is 12.6. The first kappa shape index (κ1) is 17.1. The van der Waals surface area contributed by atoms with Gasteiger partial charge in [0.2, 0.25) is 11.8 Å². The van der Waals surface area contributed by atoms with E-state index in [1.807, 2.05) is 29.2 Å². The lowest BCUT2D eigenvalue weighted by molar-refractivity contribution is -0.883. The van der Waals surface area contributed by atoms with Crippen molar-refractivity contribution < 1.29 is 19.2 Å². The van der Waals surface area contributed by atoms with Crippen LogP contribution in [-0.2, 0) is 9.59 Å². The van der Waals surface area contributed by atoms with E-state index in [9.17, 15) is 9.59 Å². The Bertz CT molecular complexity index is 600. The first-order valence-electron chi connectivity index (χ1n) is 8.22. The van der Waals surface area contributed by atoms with Crippen LogP contribution in [0.15, 0.2) is 24.3 Å². The van der Waals surface area contributed by atoms with Crippen LogP contribution < -0.4 is 9.64 Å². The lowest BCUT2D eigenvalue weighted by atomic mass is 10.2. The molecule has 3 rings (SSSR count). The van der Waals surface area contributed by atoms with Crippen molar-refractivity contribution in [1.29, 1.82) is 0 Å². The van der Waals surface area contributed by atoms with E-state index in [1.54, 1.807) is 23.8 Å². The van der Waals surface area contributed by atoms with Crippen LogP contribution in [0.1, 0.15) is 10.9 Å². The van der Waals surface area contributed by atoms with E-state index < -0.39 is 0 Å². The molecule has 2 aliphatic heterocycles. The number of hydrogen-bond acceptors (Lipinski definition) is 4. The highest BCUT2D eigenvalue weighted by Crippen LogP contribution is 2.38. The number of piperazine rings is 1. The van der Waals surface area contributed by atoms with Gasteiger partial charge in [0.25, 0.3) is 0 Å². The maximum absolute atomic E-state index is 12.6. The third-order valence-corrected chi connectivity index (χ3v) is 5.90. The van der Waals surface area contributed by atoms with Crippen molar-refractivity contribution in [3.8, 4) is 5.75 Å². The Kier molecular flexibility index (Phi) is 5.30. The van der Waals surface area contributed by atoms with Crippen LogP contribution in [0.2, 0.25) is 0 Å². The summed E-state index contributed by atoms with van der Waals surface area (Å²) in [6.45, 7) is 3.65. The zero-order valence-electron chi connectivity index (χ0n) is 14.2. The van der Waals surface area contributed by atoms with Crippen LogP contribution in [0.5, 0.6) is 5.75 Å². The van der Waals surface area contributed by atoms with Gasteiger partial charge in [-0.25, -0.2) is 0 Å². The Morgan fingerprint density at radius 2 is 1.96 bits per heavy atom. The van der Waals surface area contributed by atoms with Crippen LogP contribution >= 0.6 is 11.8 Å². The Morgan fingerprint density at radius 1 is 1.29 bits per heavy atom. The largest absolute Gasteiger partial charge is 0.497 e. The van der Waals surface area contributed by atoms with Crippen molar-refractivity contribution in [3.05, 3.63) is 29.8 Å². The number of quaternary nitrogens is 1. The SMILES string of the molecule is COc1ccc([C@H]2SCC(=O)N2CC(=O)N2CC[NH+](C)CC2)cc1. The molecule has 1 N–H and O–H groups in total. The monoisotopic (exact) mass is 350 g/mol. The van der Waals surface area contributed by atoms with E-state index in [0.29, 0.717) is 5.75 Å². The zero-order valence-corrected chi connectivity index (χ0v) is 15.0. The molecule has 1 aromatic rings. The number of ether oxygens (including phenoxy) is 1. The molecule has 0 saturated carbocycles. The summed E-state index contributed by atoms with van der Waals surface area (Å²) in [7, 11) is 3.77. The number of thioether (sulfide) groups is 1. The molecule has 2 amide bonds. The van der Waals surface area contributed by atoms with Gasteiger partial charge in [0, 0.05) is 0 Å². The van der Waals surface area contributed by atoms with Gasteiger partial charge < -0.3 is 19.4 Å². The molecule has 24 heavy (non-hydrogen) atoms. The number of rotatable bonds is 4. The summed E-state index contributed by atoms with van der Waals surface area (Å²) in [5.41, 5.74) is 1.03. The van der Waals surface area contributed by atoms with E-state index >= 15 is 0 Å². The van der Waals surface area contributed by atoms with Gasteiger partial charge >= 0.3 is 0 Å². The van der Waals surface area contributed by atoms with Gasteiger partial charge in [0.1, 0.15) is 17.7 Å². The topological polar surface area (TPSA) is 54.3 Å². The molecule has 2 heterocycles. The number of methoxy groups -OCH3 is 1. The second-order valence-corrected chi connectivity index (χ2v) is 7.36. The first-order chi connectivity index (χ1) is 11.6. The predicted octanol–water partition coefficient (Wildman–Crippen LogP) is -0.374. The van der Waals surface area contributed by atoms with E-state index in [2.05, 4.69) is 7.05 Å². The summed E-state index contributed by atoms with van der Waals surface area (Å²) >= 11 is 1.57. The highest BCUT2D eigenvalue weighted by Gasteiger charge is 2.35. The van der Waals surface area contributed by atoms with E-state index in [1.165, 1.54) is 4.90 Å². The normalized spacial score (nSPS) is 22.1. The van der Waals surface area contributed by atoms with Crippen LogP contribution in [-0.4, -0.2) is 74.2 Å². The lowest BCUT2D eigenvalue weighted by Crippen LogP contribution is -3.12. The molecule has 1 atom stereocenters. The minimum Gasteiger partial charge on any atom is -0.497 e. The maximum Gasteiger partial charge on any atom is 0.242 e. The standard InChI is InChI=1S/C17H23N3O3S/c1-18-7-9-19(10-8-18)15(21)11-20-16(22)12-24-17(20)13-3-5-14(23-2)6-4-13/h3-6,17H,7-12H2,1-2H3/p+1/t17-/m1/s1. The smallest absolute Gasteiger partial charge is 0.242 e. The average Bonchev–Trinajstić information content (AvgIpc) is 2.96. The van der Waals surface area contributed by atoms with Gasteiger partial charge in [-0.15, -0.1) is 11.8 Å². The molecule has 7 heteroatoms. The summed E-state index contributed by atoms with van der Waals surface area (Å²) in [6, 6.07) is 7.71. The molecule has 130 valence electrons. The number of likely N-dealkylation sites (N-methyl/N-ethyl adjacent to an activating group) is 1. The van der Waals surface area contributed by atoms with Crippen molar-refractivity contribution in [2.75, 3.05) is 52.6 Å². The second kappa shape index (κ2) is 7.44. The zero-order chi connectivity index (χ0) is 17.1. The fraction of sp³-hybridized carbons (Fsp3) is 0.529. The Balaban J connectivity index is 1.67. The molecule has 2 fully saturated rings. The van der Waals surface area contributed by atoms with Gasteiger partial charge in [-0.1, -0.05) is 12.1 Å². The first-order valence-corrected chi connectivity index (χ1v) is 9.27. The fourth-order valence-corrected chi connectivity index (χ4v) is 4.24. The molecular weight excluding hydrogens is 326 g/mol. The third-order valence-electron chi connectivity index (χ3n) is 4.64. The molecule has 0 spiro atoms. The van der Waals surface area contributed by atoms with Gasteiger partial charge in [-0.05, 0) is 17.7 Å². The van der Waals surface area contributed by atoms with Crippen molar-refractivity contribution in [1.82, 2.24) is 9.80 Å². The van der Waals surface area contributed by atoms with Gasteiger partial charge in [0.05, 0.1) is 46.1 Å². The highest BCUT2D eigenvalue weighted by molar-refractivity contribution is 8.00. The fourth-order valence-electron chi connectivity index (χ4n) is 3.05. The van der Waals surface area contributed by atoms with E-state index in [0.717, 1.165) is 37.5 Å². The minimum absolute atomic E-state index is 0.0360. The van der Waals surface area contributed by atoms with Crippen molar-refractivity contribution in [2.45, 2.75) is 5.37 Å². The molecule has 2 aliphatic rings. The number of amides is 2. The van der Waals surface area contributed by atoms with Crippen molar-refractivity contribution in [2.24, 2.45) is 0 Å². The molecule has 1 aromatic carbocycles. The Labute approximate surface area is 146 Å². The van der Waals surface area contributed by atoms with E-state index in [4.69, 9.17) is 4.74 Å². The molecule has 0 unspecified atom stereocenters. The lowest BCUT2D eigenvalue weighted by Gasteiger charge is -2.32. The van der Waals surface area contributed by atoms with Crippen LogP contribution in [0.3, 0.4) is 0 Å². The molecule has 0 aliphatic carbocycles. The molecule has 2 saturated heterocycles. The third kappa shape index (κ3) is 3.67. The summed E-state index contributed by atoms with van der Waals surface area (Å²) in [5.74, 6) is 1.30. The molecule has 0 radical (unpaired) electrons. The van der Waals surface area contributed by atoms with Crippen molar-refractivity contribution >= 4 is 23.6 Å². The van der Waals surface area contributed by atoms with Gasteiger partial charge in [-0.3, -0.25) is 9.59 Å².